The molecule has 0 bridgehead atoms. The topological polar surface area (TPSA) is 77.8 Å². The fourth-order valence-corrected chi connectivity index (χ4v) is 2.26. The van der Waals surface area contributed by atoms with E-state index in [1.807, 2.05) is 0 Å². The number of rotatable bonds is 2. The number of halogens is 1. The normalized spacial score (nSPS) is 23.1. The molecule has 0 radical (unpaired) electrons. The van der Waals surface area contributed by atoms with Crippen LogP contribution in [-0.2, 0) is 4.79 Å². The van der Waals surface area contributed by atoms with Crippen molar-refractivity contribution < 1.29 is 24.2 Å². The number of carboxylic acids is 1. The predicted molar refractivity (Wildman–Crippen MR) is 59.9 cm³/mol. The molecule has 0 aliphatic carbocycles. The van der Waals surface area contributed by atoms with Gasteiger partial charge in [-0.2, -0.15) is 0 Å². The SMILES string of the molecule is O=C(O)[C@H]1CN(C(=O)O)C[C@@H]1c1ccc(F)cc1. The van der Waals surface area contributed by atoms with Gasteiger partial charge >= 0.3 is 12.1 Å². The Kier molecular flexibility index (Phi) is 3.18. The fourth-order valence-electron chi connectivity index (χ4n) is 2.26. The van der Waals surface area contributed by atoms with Gasteiger partial charge in [-0.25, -0.2) is 9.18 Å². The third-order valence-corrected chi connectivity index (χ3v) is 3.21. The highest BCUT2D eigenvalue weighted by atomic mass is 19.1. The Labute approximate surface area is 102 Å². The molecule has 1 saturated heterocycles. The predicted octanol–water partition coefficient (Wildman–Crippen LogP) is 1.60. The number of hydrogen-bond donors (Lipinski definition) is 2. The van der Waals surface area contributed by atoms with Crippen molar-refractivity contribution in [1.29, 1.82) is 0 Å². The van der Waals surface area contributed by atoms with Gasteiger partial charge in [0.05, 0.1) is 5.92 Å². The Morgan fingerprint density at radius 3 is 2.28 bits per heavy atom. The molecule has 0 saturated carbocycles. The molecule has 0 spiro atoms. The highest BCUT2D eigenvalue weighted by Gasteiger charge is 2.40. The molecule has 1 amide bonds. The van der Waals surface area contributed by atoms with E-state index in [1.54, 1.807) is 0 Å². The molecule has 1 aliphatic rings. The van der Waals surface area contributed by atoms with Crippen molar-refractivity contribution in [2.24, 2.45) is 5.92 Å². The minimum absolute atomic E-state index is 0.0350. The molecule has 6 heteroatoms. The molecule has 5 nitrogen and oxygen atoms in total. The van der Waals surface area contributed by atoms with Gasteiger partial charge in [-0.15, -0.1) is 0 Å². The molecule has 1 fully saturated rings. The highest BCUT2D eigenvalue weighted by Crippen LogP contribution is 2.32. The Bertz CT molecular complexity index is 473. The van der Waals surface area contributed by atoms with Crippen LogP contribution in [0, 0.1) is 11.7 Å². The maximum absolute atomic E-state index is 12.8. The van der Waals surface area contributed by atoms with E-state index in [-0.39, 0.29) is 13.1 Å². The fraction of sp³-hybridized carbons (Fsp3) is 0.333. The maximum Gasteiger partial charge on any atom is 0.407 e. The second kappa shape index (κ2) is 4.64. The zero-order valence-electron chi connectivity index (χ0n) is 9.41. The molecule has 0 aromatic heterocycles. The van der Waals surface area contributed by atoms with Crippen LogP contribution in [0.15, 0.2) is 24.3 Å². The lowest BCUT2D eigenvalue weighted by atomic mass is 9.89. The van der Waals surface area contributed by atoms with Crippen LogP contribution < -0.4 is 0 Å². The first-order valence-electron chi connectivity index (χ1n) is 5.45. The van der Waals surface area contributed by atoms with E-state index < -0.39 is 29.7 Å². The molecule has 1 aromatic rings. The number of likely N-dealkylation sites (tertiary alicyclic amines) is 1. The Morgan fingerprint density at radius 1 is 1.17 bits per heavy atom. The van der Waals surface area contributed by atoms with Crippen molar-refractivity contribution in [3.63, 3.8) is 0 Å². The summed E-state index contributed by atoms with van der Waals surface area (Å²) in [5.41, 5.74) is 0.646. The molecule has 2 atom stereocenters. The first kappa shape index (κ1) is 12.3. The van der Waals surface area contributed by atoms with Crippen molar-refractivity contribution in [3.8, 4) is 0 Å². The summed E-state index contributed by atoms with van der Waals surface area (Å²) in [6.07, 6.45) is -1.13. The monoisotopic (exact) mass is 253 g/mol. The number of nitrogens with zero attached hydrogens (tertiary/aromatic N) is 1. The lowest BCUT2D eigenvalue weighted by molar-refractivity contribution is -0.141. The largest absolute Gasteiger partial charge is 0.481 e. The van der Waals surface area contributed by atoms with Crippen LogP contribution in [0.25, 0.3) is 0 Å². The molecule has 1 aromatic carbocycles. The molecule has 1 heterocycles. The van der Waals surface area contributed by atoms with E-state index in [9.17, 15) is 14.0 Å². The minimum atomic E-state index is -1.13. The van der Waals surface area contributed by atoms with Gasteiger partial charge in [0.25, 0.3) is 0 Å². The van der Waals surface area contributed by atoms with Crippen LogP contribution in [0.1, 0.15) is 11.5 Å². The first-order valence-corrected chi connectivity index (χ1v) is 5.45. The second-order valence-corrected chi connectivity index (χ2v) is 4.29. The Hall–Kier alpha value is -2.11. The second-order valence-electron chi connectivity index (χ2n) is 4.29. The smallest absolute Gasteiger partial charge is 0.407 e. The van der Waals surface area contributed by atoms with Crippen molar-refractivity contribution in [2.45, 2.75) is 5.92 Å². The average Bonchev–Trinajstić information content (AvgIpc) is 2.75. The van der Waals surface area contributed by atoms with Crippen LogP contribution in [0.4, 0.5) is 9.18 Å². The third kappa shape index (κ3) is 2.27. The number of carbonyl (C=O) groups is 2. The van der Waals surface area contributed by atoms with Crippen LogP contribution >= 0.6 is 0 Å². The van der Waals surface area contributed by atoms with Crippen molar-refractivity contribution in [1.82, 2.24) is 4.90 Å². The standard InChI is InChI=1S/C12H12FNO4/c13-8-3-1-7(2-4-8)9-5-14(12(17)18)6-10(9)11(15)16/h1-4,9-10H,5-6H2,(H,15,16)(H,17,18)/t9-,10+/m1/s1. The maximum atomic E-state index is 12.8. The van der Waals surface area contributed by atoms with Crippen LogP contribution in [0.3, 0.4) is 0 Å². The van der Waals surface area contributed by atoms with Crippen LogP contribution in [0.2, 0.25) is 0 Å². The van der Waals surface area contributed by atoms with Gasteiger partial charge in [0, 0.05) is 19.0 Å². The summed E-state index contributed by atoms with van der Waals surface area (Å²) < 4.78 is 12.8. The van der Waals surface area contributed by atoms with E-state index in [0.717, 1.165) is 4.90 Å². The van der Waals surface area contributed by atoms with E-state index in [1.165, 1.54) is 24.3 Å². The lowest BCUT2D eigenvalue weighted by Gasteiger charge is -2.14. The van der Waals surface area contributed by atoms with Gasteiger partial charge in [-0.3, -0.25) is 4.79 Å². The third-order valence-electron chi connectivity index (χ3n) is 3.21. The number of benzene rings is 1. The van der Waals surface area contributed by atoms with E-state index in [2.05, 4.69) is 0 Å². The summed E-state index contributed by atoms with van der Waals surface area (Å²) in [6, 6.07) is 5.50. The van der Waals surface area contributed by atoms with Gasteiger partial charge in [-0.1, -0.05) is 12.1 Å². The van der Waals surface area contributed by atoms with Crippen molar-refractivity contribution >= 4 is 12.1 Å². The Morgan fingerprint density at radius 2 is 1.78 bits per heavy atom. The molecule has 18 heavy (non-hydrogen) atoms. The molecule has 2 rings (SSSR count). The molecule has 2 N–H and O–H groups in total. The summed E-state index contributed by atoms with van der Waals surface area (Å²) in [5, 5.41) is 18.0. The van der Waals surface area contributed by atoms with E-state index in [0.29, 0.717) is 5.56 Å². The summed E-state index contributed by atoms with van der Waals surface area (Å²) in [4.78, 5) is 23.1. The van der Waals surface area contributed by atoms with E-state index >= 15 is 0 Å². The quantitative estimate of drug-likeness (QED) is 0.839. The first-order chi connectivity index (χ1) is 8.49. The summed E-state index contributed by atoms with van der Waals surface area (Å²) in [5.74, 6) is -2.66. The summed E-state index contributed by atoms with van der Waals surface area (Å²) >= 11 is 0. The van der Waals surface area contributed by atoms with Gasteiger partial charge in [0.15, 0.2) is 0 Å². The molecule has 1 aliphatic heterocycles. The van der Waals surface area contributed by atoms with Crippen LogP contribution in [0.5, 0.6) is 0 Å². The number of aliphatic carboxylic acids is 1. The van der Waals surface area contributed by atoms with Gasteiger partial charge in [0.1, 0.15) is 5.82 Å². The van der Waals surface area contributed by atoms with E-state index in [4.69, 9.17) is 10.2 Å². The number of hydrogen-bond acceptors (Lipinski definition) is 2. The van der Waals surface area contributed by atoms with Gasteiger partial charge in [-0.05, 0) is 17.7 Å². The summed E-state index contributed by atoms with van der Waals surface area (Å²) in [7, 11) is 0. The molecule has 96 valence electrons. The van der Waals surface area contributed by atoms with Crippen molar-refractivity contribution in [3.05, 3.63) is 35.6 Å². The number of amides is 1. The Balaban J connectivity index is 2.27. The van der Waals surface area contributed by atoms with Crippen LogP contribution in [-0.4, -0.2) is 40.3 Å². The van der Waals surface area contributed by atoms with Crippen molar-refractivity contribution in [2.75, 3.05) is 13.1 Å². The summed E-state index contributed by atoms with van der Waals surface area (Å²) in [6.45, 7) is 0.0879. The lowest BCUT2D eigenvalue weighted by Crippen LogP contribution is -2.28. The van der Waals surface area contributed by atoms with Gasteiger partial charge in [0.2, 0.25) is 0 Å². The molecule has 0 unspecified atom stereocenters. The zero-order chi connectivity index (χ0) is 13.3. The number of carboxylic acid groups (broad SMARTS) is 2. The zero-order valence-corrected chi connectivity index (χ0v) is 9.41. The molecular formula is C12H12FNO4. The van der Waals surface area contributed by atoms with Gasteiger partial charge < -0.3 is 15.1 Å². The minimum Gasteiger partial charge on any atom is -0.481 e. The highest BCUT2D eigenvalue weighted by molar-refractivity contribution is 5.75. The average molecular weight is 253 g/mol. The molecular weight excluding hydrogens is 241 g/mol.